The molecule has 3 aromatic rings. The first kappa shape index (κ1) is 23.2. The Hall–Kier alpha value is -3.92. The van der Waals surface area contributed by atoms with Crippen LogP contribution in [0.15, 0.2) is 46.9 Å². The molecule has 1 fully saturated rings. The van der Waals surface area contributed by atoms with Crippen molar-refractivity contribution >= 4 is 17.6 Å². The van der Waals surface area contributed by atoms with Crippen LogP contribution < -0.4 is 15.6 Å². The topological polar surface area (TPSA) is 96.5 Å². The number of carbonyl (C=O) groups excluding carboxylic acids is 1. The molecule has 0 bridgehead atoms. The third-order valence-corrected chi connectivity index (χ3v) is 6.18. The lowest BCUT2D eigenvalue weighted by Gasteiger charge is -2.22. The van der Waals surface area contributed by atoms with Crippen molar-refractivity contribution in [2.75, 3.05) is 0 Å². The molecule has 1 aliphatic carbocycles. The molecule has 0 unspecified atom stereocenters. The Balaban J connectivity index is 1.81. The summed E-state index contributed by atoms with van der Waals surface area (Å²) in [5.41, 5.74) is 2.72. The number of aromatic nitrogens is 2. The van der Waals surface area contributed by atoms with Gasteiger partial charge in [0, 0.05) is 12.2 Å². The summed E-state index contributed by atoms with van der Waals surface area (Å²) < 4.78 is 7.51. The van der Waals surface area contributed by atoms with Crippen molar-refractivity contribution < 1.29 is 9.53 Å². The van der Waals surface area contributed by atoms with Crippen molar-refractivity contribution in [3.05, 3.63) is 74.7 Å². The van der Waals surface area contributed by atoms with Gasteiger partial charge in [-0.25, -0.2) is 0 Å². The van der Waals surface area contributed by atoms with Gasteiger partial charge in [0.1, 0.15) is 28.6 Å². The summed E-state index contributed by atoms with van der Waals surface area (Å²) in [6.07, 6.45) is 7.96. The predicted molar refractivity (Wildman–Crippen MR) is 131 cm³/mol. The van der Waals surface area contributed by atoms with Crippen molar-refractivity contribution in [3.63, 3.8) is 0 Å². The van der Waals surface area contributed by atoms with Gasteiger partial charge >= 0.3 is 0 Å². The van der Waals surface area contributed by atoms with Crippen LogP contribution in [0.25, 0.3) is 11.7 Å². The minimum atomic E-state index is -0.486. The fraction of sp³-hybridized carbons (Fsp3) is 0.333. The zero-order chi connectivity index (χ0) is 24.2. The van der Waals surface area contributed by atoms with E-state index < -0.39 is 11.5 Å². The van der Waals surface area contributed by atoms with Gasteiger partial charge in [-0.3, -0.25) is 14.0 Å². The Morgan fingerprint density at radius 2 is 1.94 bits per heavy atom. The van der Waals surface area contributed by atoms with Gasteiger partial charge in [-0.1, -0.05) is 43.0 Å². The Morgan fingerprint density at radius 1 is 1.18 bits per heavy atom. The van der Waals surface area contributed by atoms with Crippen LogP contribution in [0.4, 0.5) is 0 Å². The maximum atomic E-state index is 13.5. The maximum Gasteiger partial charge on any atom is 0.269 e. The zero-order valence-electron chi connectivity index (χ0n) is 19.7. The summed E-state index contributed by atoms with van der Waals surface area (Å²) in [6.45, 7) is 5.75. The minimum Gasteiger partial charge on any atom is -0.438 e. The van der Waals surface area contributed by atoms with Crippen LogP contribution in [0.5, 0.6) is 11.6 Å². The molecule has 1 N–H and O–H groups in total. The summed E-state index contributed by atoms with van der Waals surface area (Å²) in [7, 11) is 0. The van der Waals surface area contributed by atoms with Crippen LogP contribution >= 0.6 is 0 Å². The van der Waals surface area contributed by atoms with Crippen LogP contribution in [0.2, 0.25) is 0 Å². The second-order valence-electron chi connectivity index (χ2n) is 8.87. The summed E-state index contributed by atoms with van der Waals surface area (Å²) in [6, 6.07) is 11.3. The Labute approximate surface area is 198 Å². The fourth-order valence-electron chi connectivity index (χ4n) is 4.31. The number of nitriles is 1. The second kappa shape index (κ2) is 9.92. The van der Waals surface area contributed by atoms with E-state index in [0.29, 0.717) is 11.4 Å². The van der Waals surface area contributed by atoms with Gasteiger partial charge < -0.3 is 10.1 Å². The van der Waals surface area contributed by atoms with E-state index in [1.165, 1.54) is 10.5 Å². The van der Waals surface area contributed by atoms with E-state index in [1.807, 2.05) is 51.1 Å². The molecule has 0 aliphatic heterocycles. The number of hydrogen-bond acceptors (Lipinski definition) is 5. The van der Waals surface area contributed by atoms with Crippen LogP contribution in [0.1, 0.15) is 54.4 Å². The molecular weight excluding hydrogens is 428 g/mol. The number of pyridine rings is 1. The summed E-state index contributed by atoms with van der Waals surface area (Å²) in [5.74, 6) is 0.125. The molecule has 1 saturated carbocycles. The van der Waals surface area contributed by atoms with Crippen LogP contribution in [-0.2, 0) is 4.79 Å². The molecule has 0 spiro atoms. The summed E-state index contributed by atoms with van der Waals surface area (Å²) in [5, 5.41) is 12.7. The third kappa shape index (κ3) is 4.86. The van der Waals surface area contributed by atoms with E-state index in [-0.39, 0.29) is 23.1 Å². The first-order chi connectivity index (χ1) is 16.4. The normalized spacial score (nSPS) is 14.6. The molecular formula is C27H28N4O3. The monoisotopic (exact) mass is 456 g/mol. The molecule has 7 nitrogen and oxygen atoms in total. The number of amides is 1. The predicted octanol–water partition coefficient (Wildman–Crippen LogP) is 4.77. The summed E-state index contributed by atoms with van der Waals surface area (Å²) in [4.78, 5) is 30.9. The van der Waals surface area contributed by atoms with E-state index in [4.69, 9.17) is 4.74 Å². The van der Waals surface area contributed by atoms with Crippen molar-refractivity contribution in [1.82, 2.24) is 14.7 Å². The summed E-state index contributed by atoms with van der Waals surface area (Å²) >= 11 is 0. The van der Waals surface area contributed by atoms with E-state index in [9.17, 15) is 14.9 Å². The molecule has 0 atom stereocenters. The highest BCUT2D eigenvalue weighted by atomic mass is 16.5. The third-order valence-electron chi connectivity index (χ3n) is 6.18. The molecule has 0 radical (unpaired) electrons. The van der Waals surface area contributed by atoms with Crippen molar-refractivity contribution in [2.24, 2.45) is 0 Å². The number of hydrogen-bond donors (Lipinski definition) is 1. The smallest absolute Gasteiger partial charge is 0.269 e. The van der Waals surface area contributed by atoms with Gasteiger partial charge in [-0.15, -0.1) is 0 Å². The Kier molecular flexibility index (Phi) is 6.78. The number of benzene rings is 1. The highest BCUT2D eigenvalue weighted by molar-refractivity contribution is 6.02. The molecule has 174 valence electrons. The van der Waals surface area contributed by atoms with Crippen molar-refractivity contribution in [1.29, 1.82) is 5.26 Å². The number of ether oxygens (including phenoxy) is 1. The number of nitrogens with one attached hydrogen (secondary N) is 1. The average Bonchev–Trinajstić information content (AvgIpc) is 2.82. The molecule has 7 heteroatoms. The van der Waals surface area contributed by atoms with Gasteiger partial charge in [0.25, 0.3) is 11.5 Å². The molecule has 1 aliphatic rings. The van der Waals surface area contributed by atoms with Gasteiger partial charge in [0.05, 0.1) is 0 Å². The largest absolute Gasteiger partial charge is 0.438 e. The van der Waals surface area contributed by atoms with Crippen LogP contribution in [-0.4, -0.2) is 21.3 Å². The van der Waals surface area contributed by atoms with Crippen LogP contribution in [0, 0.1) is 32.1 Å². The number of aryl methyl sites for hydroxylation is 3. The van der Waals surface area contributed by atoms with E-state index in [1.54, 1.807) is 12.3 Å². The SMILES string of the molecule is Cc1ccc(Oc2nc3c(C)cccn3c(=O)c2/C=C(\C#N)C(=O)NC2CCCCC2)c(C)c1. The molecule has 0 saturated heterocycles. The van der Waals surface area contributed by atoms with Gasteiger partial charge in [0.2, 0.25) is 5.88 Å². The highest BCUT2D eigenvalue weighted by Crippen LogP contribution is 2.28. The maximum absolute atomic E-state index is 13.5. The molecule has 34 heavy (non-hydrogen) atoms. The van der Waals surface area contributed by atoms with Gasteiger partial charge in [-0.2, -0.15) is 10.2 Å². The minimum absolute atomic E-state index is 0.0439. The zero-order valence-corrected chi connectivity index (χ0v) is 19.7. The Bertz CT molecular complexity index is 1380. The molecule has 2 heterocycles. The second-order valence-corrected chi connectivity index (χ2v) is 8.87. The van der Waals surface area contributed by atoms with Crippen molar-refractivity contribution in [2.45, 2.75) is 58.9 Å². The fourth-order valence-corrected chi connectivity index (χ4v) is 4.31. The van der Waals surface area contributed by atoms with E-state index >= 15 is 0 Å². The van der Waals surface area contributed by atoms with E-state index in [2.05, 4.69) is 10.3 Å². The van der Waals surface area contributed by atoms with E-state index in [0.717, 1.165) is 48.8 Å². The molecule has 1 aromatic carbocycles. The van der Waals surface area contributed by atoms with Crippen molar-refractivity contribution in [3.8, 4) is 17.7 Å². The first-order valence-electron chi connectivity index (χ1n) is 11.6. The highest BCUT2D eigenvalue weighted by Gasteiger charge is 2.21. The quantitative estimate of drug-likeness (QED) is 0.441. The average molecular weight is 457 g/mol. The molecule has 2 aromatic heterocycles. The lowest BCUT2D eigenvalue weighted by molar-refractivity contribution is -0.117. The van der Waals surface area contributed by atoms with Gasteiger partial charge in [0.15, 0.2) is 0 Å². The Morgan fingerprint density at radius 3 is 2.65 bits per heavy atom. The molecule has 1 amide bonds. The van der Waals surface area contributed by atoms with Crippen LogP contribution in [0.3, 0.4) is 0 Å². The number of rotatable bonds is 5. The number of nitrogens with zero attached hydrogens (tertiary/aromatic N) is 3. The lowest BCUT2D eigenvalue weighted by atomic mass is 9.95. The molecule has 4 rings (SSSR count). The first-order valence-corrected chi connectivity index (χ1v) is 11.6. The lowest BCUT2D eigenvalue weighted by Crippen LogP contribution is -2.36. The number of fused-ring (bicyclic) bond motifs is 1. The standard InChI is InChI=1S/C27H28N4O3/c1-17-11-12-23(19(3)14-17)34-26-22(27(33)31-13-7-8-18(2)24(31)30-26)15-20(16-28)25(32)29-21-9-5-4-6-10-21/h7-8,11-15,21H,4-6,9-10H2,1-3H3,(H,29,32)/b20-15+. The number of carbonyl (C=O) groups is 1. The van der Waals surface area contributed by atoms with Gasteiger partial charge in [-0.05, 0) is 62.9 Å².